The zero-order valence-electron chi connectivity index (χ0n) is 9.32. The van der Waals surface area contributed by atoms with Gasteiger partial charge in [-0.15, -0.1) is 0 Å². The summed E-state index contributed by atoms with van der Waals surface area (Å²) in [6, 6.07) is 9.58. The second-order valence-corrected chi connectivity index (χ2v) is 4.04. The largest absolute Gasteiger partial charge is 0.380 e. The molecule has 0 aliphatic rings. The van der Waals surface area contributed by atoms with Crippen LogP contribution in [0, 0.1) is 17.1 Å². The van der Waals surface area contributed by atoms with Gasteiger partial charge in [0.15, 0.2) is 0 Å². The van der Waals surface area contributed by atoms with Crippen LogP contribution in [0.3, 0.4) is 0 Å². The van der Waals surface area contributed by atoms with Gasteiger partial charge < -0.3 is 5.32 Å². The number of aromatic nitrogens is 1. The van der Waals surface area contributed by atoms with Crippen molar-refractivity contribution in [3.05, 3.63) is 58.6 Å². The maximum atomic E-state index is 12.8. The Kier molecular flexibility index (Phi) is 3.75. The molecular formula is C13H9ClFN3. The zero-order valence-corrected chi connectivity index (χ0v) is 10.1. The van der Waals surface area contributed by atoms with Gasteiger partial charge in [0, 0.05) is 11.6 Å². The molecule has 5 heteroatoms. The van der Waals surface area contributed by atoms with Crippen LogP contribution in [0.4, 0.5) is 10.1 Å². The third-order valence-electron chi connectivity index (χ3n) is 2.38. The van der Waals surface area contributed by atoms with E-state index in [0.717, 1.165) is 11.3 Å². The lowest BCUT2D eigenvalue weighted by molar-refractivity contribution is 0.627. The van der Waals surface area contributed by atoms with Crippen LogP contribution in [-0.4, -0.2) is 4.98 Å². The average Bonchev–Trinajstić information content (AvgIpc) is 2.38. The summed E-state index contributed by atoms with van der Waals surface area (Å²) in [5.74, 6) is -0.358. The Hall–Kier alpha value is -2.12. The summed E-state index contributed by atoms with van der Waals surface area (Å²) in [6.45, 7) is 0.465. The number of nitriles is 1. The second kappa shape index (κ2) is 5.48. The number of nitrogens with one attached hydrogen (secondary N) is 1. The molecule has 0 fully saturated rings. The minimum atomic E-state index is -0.358. The molecule has 0 bridgehead atoms. The summed E-state index contributed by atoms with van der Waals surface area (Å²) in [7, 11) is 0. The SMILES string of the molecule is N#Cc1ccc(NCc2ccc(F)cc2Cl)cn1. The van der Waals surface area contributed by atoms with E-state index < -0.39 is 0 Å². The van der Waals surface area contributed by atoms with Gasteiger partial charge in [0.05, 0.1) is 11.9 Å². The van der Waals surface area contributed by atoms with Crippen LogP contribution in [0.25, 0.3) is 0 Å². The quantitative estimate of drug-likeness (QED) is 0.922. The van der Waals surface area contributed by atoms with Crippen LogP contribution in [0.1, 0.15) is 11.3 Å². The number of benzene rings is 1. The minimum absolute atomic E-state index is 0.358. The number of anilines is 1. The monoisotopic (exact) mass is 261 g/mol. The van der Waals surface area contributed by atoms with Crippen molar-refractivity contribution in [2.24, 2.45) is 0 Å². The first kappa shape index (κ1) is 12.3. The Morgan fingerprint density at radius 2 is 2.17 bits per heavy atom. The third kappa shape index (κ3) is 2.96. The Morgan fingerprint density at radius 3 is 2.78 bits per heavy atom. The molecule has 0 radical (unpaired) electrons. The zero-order chi connectivity index (χ0) is 13.0. The van der Waals surface area contributed by atoms with Gasteiger partial charge in [-0.1, -0.05) is 17.7 Å². The van der Waals surface area contributed by atoms with Crippen LogP contribution >= 0.6 is 11.6 Å². The first-order valence-electron chi connectivity index (χ1n) is 5.23. The van der Waals surface area contributed by atoms with Crippen molar-refractivity contribution in [3.63, 3.8) is 0 Å². The van der Waals surface area contributed by atoms with Crippen LogP contribution in [0.2, 0.25) is 5.02 Å². The molecule has 2 aromatic rings. The molecule has 0 aliphatic carbocycles. The molecule has 1 aromatic heterocycles. The van der Waals surface area contributed by atoms with E-state index in [9.17, 15) is 4.39 Å². The molecule has 0 spiro atoms. The van der Waals surface area contributed by atoms with Gasteiger partial charge in [-0.3, -0.25) is 0 Å². The molecule has 90 valence electrons. The van der Waals surface area contributed by atoms with E-state index in [4.69, 9.17) is 16.9 Å². The molecule has 0 saturated heterocycles. The van der Waals surface area contributed by atoms with Gasteiger partial charge >= 0.3 is 0 Å². The van der Waals surface area contributed by atoms with Crippen molar-refractivity contribution in [2.75, 3.05) is 5.32 Å². The highest BCUT2D eigenvalue weighted by molar-refractivity contribution is 6.31. The van der Waals surface area contributed by atoms with Crippen molar-refractivity contribution < 1.29 is 4.39 Å². The van der Waals surface area contributed by atoms with E-state index in [1.54, 1.807) is 24.4 Å². The fraction of sp³-hybridized carbons (Fsp3) is 0.0769. The van der Waals surface area contributed by atoms with Crippen molar-refractivity contribution in [1.82, 2.24) is 4.98 Å². The molecule has 0 unspecified atom stereocenters. The lowest BCUT2D eigenvalue weighted by Crippen LogP contribution is -2.01. The average molecular weight is 262 g/mol. The van der Waals surface area contributed by atoms with E-state index >= 15 is 0 Å². The lowest BCUT2D eigenvalue weighted by atomic mass is 10.2. The van der Waals surface area contributed by atoms with Crippen LogP contribution in [-0.2, 0) is 6.54 Å². The first-order valence-corrected chi connectivity index (χ1v) is 5.61. The van der Waals surface area contributed by atoms with Crippen molar-refractivity contribution in [3.8, 4) is 6.07 Å². The van der Waals surface area contributed by atoms with Crippen LogP contribution in [0.5, 0.6) is 0 Å². The number of hydrogen-bond donors (Lipinski definition) is 1. The molecule has 1 heterocycles. The van der Waals surface area contributed by atoms with E-state index in [-0.39, 0.29) is 5.82 Å². The summed E-state index contributed by atoms with van der Waals surface area (Å²) >= 11 is 5.90. The van der Waals surface area contributed by atoms with E-state index in [0.29, 0.717) is 17.3 Å². The number of pyridine rings is 1. The topological polar surface area (TPSA) is 48.7 Å². The van der Waals surface area contributed by atoms with Gasteiger partial charge in [-0.25, -0.2) is 9.37 Å². The summed E-state index contributed by atoms with van der Waals surface area (Å²) in [5.41, 5.74) is 1.93. The van der Waals surface area contributed by atoms with E-state index in [1.807, 2.05) is 6.07 Å². The first-order chi connectivity index (χ1) is 8.69. The molecule has 0 aliphatic heterocycles. The predicted molar refractivity (Wildman–Crippen MR) is 67.7 cm³/mol. The molecular weight excluding hydrogens is 253 g/mol. The summed E-state index contributed by atoms with van der Waals surface area (Å²) in [5, 5.41) is 12.1. The predicted octanol–water partition coefficient (Wildman–Crippen LogP) is 3.36. The fourth-order valence-corrected chi connectivity index (χ4v) is 1.66. The number of halogens is 2. The highest BCUT2D eigenvalue weighted by Gasteiger charge is 2.02. The molecule has 3 nitrogen and oxygen atoms in total. The summed E-state index contributed by atoms with van der Waals surface area (Å²) in [4.78, 5) is 3.93. The number of hydrogen-bond acceptors (Lipinski definition) is 3. The van der Waals surface area contributed by atoms with Gasteiger partial charge in [-0.2, -0.15) is 5.26 Å². The standard InChI is InChI=1S/C13H9ClFN3/c14-13-5-10(15)2-1-9(13)7-17-12-4-3-11(6-16)18-8-12/h1-5,8,17H,7H2. The number of rotatable bonds is 3. The van der Waals surface area contributed by atoms with Crippen LogP contribution in [0.15, 0.2) is 36.5 Å². The highest BCUT2D eigenvalue weighted by atomic mass is 35.5. The summed E-state index contributed by atoms with van der Waals surface area (Å²) in [6.07, 6.45) is 1.57. The molecule has 2 rings (SSSR count). The van der Waals surface area contributed by atoms with Crippen molar-refractivity contribution in [2.45, 2.75) is 6.54 Å². The molecule has 1 aromatic carbocycles. The number of nitrogens with zero attached hydrogens (tertiary/aromatic N) is 2. The van der Waals surface area contributed by atoms with Gasteiger partial charge in [0.1, 0.15) is 17.6 Å². The molecule has 0 amide bonds. The Labute approximate surface area is 109 Å². The minimum Gasteiger partial charge on any atom is -0.380 e. The van der Waals surface area contributed by atoms with E-state index in [2.05, 4.69) is 10.3 Å². The Balaban J connectivity index is 2.04. The van der Waals surface area contributed by atoms with Gasteiger partial charge in [-0.05, 0) is 29.8 Å². The molecule has 18 heavy (non-hydrogen) atoms. The fourth-order valence-electron chi connectivity index (χ4n) is 1.43. The highest BCUT2D eigenvalue weighted by Crippen LogP contribution is 2.18. The maximum Gasteiger partial charge on any atom is 0.140 e. The van der Waals surface area contributed by atoms with Gasteiger partial charge in [0.25, 0.3) is 0 Å². The Morgan fingerprint density at radius 1 is 1.33 bits per heavy atom. The lowest BCUT2D eigenvalue weighted by Gasteiger charge is -2.07. The normalized spacial score (nSPS) is 9.83. The molecule has 0 atom stereocenters. The van der Waals surface area contributed by atoms with Gasteiger partial charge in [0.2, 0.25) is 0 Å². The summed E-state index contributed by atoms with van der Waals surface area (Å²) < 4.78 is 12.8. The maximum absolute atomic E-state index is 12.8. The Bertz CT molecular complexity index is 590. The second-order valence-electron chi connectivity index (χ2n) is 3.63. The molecule has 1 N–H and O–H groups in total. The van der Waals surface area contributed by atoms with Crippen molar-refractivity contribution in [1.29, 1.82) is 5.26 Å². The van der Waals surface area contributed by atoms with Crippen molar-refractivity contribution >= 4 is 17.3 Å². The van der Waals surface area contributed by atoms with E-state index in [1.165, 1.54) is 12.1 Å². The van der Waals surface area contributed by atoms with Crippen LogP contribution < -0.4 is 5.32 Å². The third-order valence-corrected chi connectivity index (χ3v) is 2.73. The molecule has 0 saturated carbocycles. The smallest absolute Gasteiger partial charge is 0.140 e.